The van der Waals surface area contributed by atoms with Crippen LogP contribution in [-0.2, 0) is 22.4 Å². The first-order valence-electron chi connectivity index (χ1n) is 16.4. The lowest BCUT2D eigenvalue weighted by atomic mass is 9.90. The highest BCUT2D eigenvalue weighted by Gasteiger charge is 2.36. The zero-order valence-corrected chi connectivity index (χ0v) is 29.1. The van der Waals surface area contributed by atoms with Gasteiger partial charge in [0.1, 0.15) is 11.5 Å². The van der Waals surface area contributed by atoms with Gasteiger partial charge in [-0.2, -0.15) is 0 Å². The molecule has 0 radical (unpaired) electrons. The van der Waals surface area contributed by atoms with Crippen molar-refractivity contribution in [2.24, 2.45) is 0 Å². The number of halogens is 2. The summed E-state index contributed by atoms with van der Waals surface area (Å²) < 4.78 is 14.3. The molecule has 3 aromatic rings. The Labute approximate surface area is 278 Å². The molecule has 232 valence electrons. The summed E-state index contributed by atoms with van der Waals surface area (Å²) in [7, 11) is 0. The van der Waals surface area contributed by atoms with Crippen LogP contribution in [0, 0.1) is 0 Å². The van der Waals surface area contributed by atoms with Gasteiger partial charge in [-0.15, -0.1) is 0 Å². The molecule has 2 heterocycles. The summed E-state index contributed by atoms with van der Waals surface area (Å²) in [5.41, 5.74) is 4.59. The van der Waals surface area contributed by atoms with Crippen molar-refractivity contribution in [2.45, 2.75) is 104 Å². The van der Waals surface area contributed by atoms with Crippen LogP contribution >= 0.6 is 31.9 Å². The average molecular weight is 723 g/mol. The van der Waals surface area contributed by atoms with Crippen LogP contribution in [0.5, 0.6) is 11.5 Å². The summed E-state index contributed by atoms with van der Waals surface area (Å²) >= 11 is 7.06. The summed E-state index contributed by atoms with van der Waals surface area (Å²) in [6, 6.07) is 15.6. The van der Waals surface area contributed by atoms with Crippen molar-refractivity contribution in [3.8, 4) is 11.5 Å². The van der Waals surface area contributed by atoms with Crippen molar-refractivity contribution in [3.63, 3.8) is 0 Å². The zero-order chi connectivity index (χ0) is 31.1. The van der Waals surface area contributed by atoms with Crippen molar-refractivity contribution in [2.75, 3.05) is 0 Å². The quantitative estimate of drug-likeness (QED) is 0.0841. The molecule has 6 heteroatoms. The largest absolute Gasteiger partial charge is 0.422 e. The maximum atomic E-state index is 13.7. The average Bonchev–Trinajstić information content (AvgIpc) is 3.54. The van der Waals surface area contributed by atoms with E-state index < -0.39 is 0 Å². The molecular formula is C38H42Br2O4. The van der Waals surface area contributed by atoms with E-state index in [9.17, 15) is 9.59 Å². The Hall–Kier alpha value is -2.70. The molecular weight excluding hydrogens is 680 g/mol. The molecule has 0 amide bonds. The SMILES string of the molecule is CCCCCCCCc1c2c(c(CCCCCCCC)c3c1=C(c1ccc(Br)cc1)C(=O)O3)=C(c1ccc(Br)cc1)C(=O)O2. The first kappa shape index (κ1) is 32.7. The summed E-state index contributed by atoms with van der Waals surface area (Å²) in [5, 5.41) is 1.63. The number of hydrogen-bond donors (Lipinski definition) is 0. The number of esters is 2. The smallest absolute Gasteiger partial charge is 0.344 e. The van der Waals surface area contributed by atoms with E-state index in [2.05, 4.69) is 45.7 Å². The maximum absolute atomic E-state index is 13.7. The Morgan fingerprint density at radius 1 is 0.500 bits per heavy atom. The van der Waals surface area contributed by atoms with Gasteiger partial charge in [-0.25, -0.2) is 9.59 Å². The van der Waals surface area contributed by atoms with Crippen LogP contribution < -0.4 is 19.9 Å². The number of unbranched alkanes of at least 4 members (excludes halogenated alkanes) is 10. The van der Waals surface area contributed by atoms with E-state index in [1.807, 2.05) is 48.5 Å². The molecule has 2 aliphatic rings. The topological polar surface area (TPSA) is 52.6 Å². The minimum atomic E-state index is -0.337. The molecule has 0 spiro atoms. The van der Waals surface area contributed by atoms with Gasteiger partial charge in [0.05, 0.1) is 11.1 Å². The van der Waals surface area contributed by atoms with Gasteiger partial charge >= 0.3 is 11.9 Å². The number of hydrogen-bond acceptors (Lipinski definition) is 4. The van der Waals surface area contributed by atoms with E-state index in [0.29, 0.717) is 35.5 Å². The van der Waals surface area contributed by atoms with Crippen LogP contribution in [-0.4, -0.2) is 11.9 Å². The van der Waals surface area contributed by atoms with Crippen molar-refractivity contribution in [1.82, 2.24) is 0 Å². The molecule has 0 saturated carbocycles. The molecule has 0 N–H and O–H groups in total. The molecule has 0 unspecified atom stereocenters. The third-order valence-electron chi connectivity index (χ3n) is 8.73. The number of carbonyl (C=O) groups is 2. The van der Waals surface area contributed by atoms with Crippen LogP contribution in [0.1, 0.15) is 113 Å². The number of ether oxygens (including phenoxy) is 2. The second-order valence-corrected chi connectivity index (χ2v) is 13.8. The van der Waals surface area contributed by atoms with Crippen LogP contribution in [0.4, 0.5) is 0 Å². The van der Waals surface area contributed by atoms with E-state index in [0.717, 1.165) is 67.3 Å². The third-order valence-corrected chi connectivity index (χ3v) is 9.79. The second-order valence-electron chi connectivity index (χ2n) is 11.9. The lowest BCUT2D eigenvalue weighted by molar-refractivity contribution is -0.128. The Balaban J connectivity index is 1.71. The maximum Gasteiger partial charge on any atom is 0.344 e. The first-order valence-corrected chi connectivity index (χ1v) is 18.0. The summed E-state index contributed by atoms with van der Waals surface area (Å²) in [4.78, 5) is 27.4. The lowest BCUT2D eigenvalue weighted by Gasteiger charge is -2.14. The molecule has 5 rings (SSSR count). The fourth-order valence-electron chi connectivity index (χ4n) is 6.45. The standard InChI is InChI=1S/C38H42Br2O4/c1-3-5-7-9-11-13-15-29-33-31(25-17-21-27(39)22-18-25)37(41)44-36(33)30(16-14-12-10-8-6-4-2)34-32(38(42)43-35(29)34)26-19-23-28(40)24-20-26/h17-24H,3-16H2,1-2H3. The summed E-state index contributed by atoms with van der Waals surface area (Å²) in [6.07, 6.45) is 15.2. The van der Waals surface area contributed by atoms with E-state index in [1.54, 1.807) is 0 Å². The van der Waals surface area contributed by atoms with Gasteiger partial charge < -0.3 is 9.47 Å². The number of benzene rings is 3. The van der Waals surface area contributed by atoms with Gasteiger partial charge in [0.25, 0.3) is 0 Å². The van der Waals surface area contributed by atoms with E-state index >= 15 is 0 Å². The molecule has 0 saturated heterocycles. The fourth-order valence-corrected chi connectivity index (χ4v) is 6.98. The van der Waals surface area contributed by atoms with Gasteiger partial charge in [-0.3, -0.25) is 0 Å². The molecule has 3 aromatic carbocycles. The monoisotopic (exact) mass is 720 g/mol. The van der Waals surface area contributed by atoms with Gasteiger partial charge in [0.2, 0.25) is 0 Å². The molecule has 0 atom stereocenters. The minimum absolute atomic E-state index is 0.337. The second kappa shape index (κ2) is 15.5. The predicted molar refractivity (Wildman–Crippen MR) is 184 cm³/mol. The highest BCUT2D eigenvalue weighted by molar-refractivity contribution is 9.10. The van der Waals surface area contributed by atoms with Gasteiger partial charge in [-0.05, 0) is 61.1 Å². The van der Waals surface area contributed by atoms with Crippen LogP contribution in [0.15, 0.2) is 57.5 Å². The van der Waals surface area contributed by atoms with Crippen LogP contribution in [0.25, 0.3) is 11.1 Å². The number of fused-ring (bicyclic) bond motifs is 2. The number of rotatable bonds is 16. The Bertz CT molecular complexity index is 1500. The summed E-state index contributed by atoms with van der Waals surface area (Å²) in [5.74, 6) is 0.565. The third kappa shape index (κ3) is 7.23. The molecule has 0 aliphatic carbocycles. The van der Waals surface area contributed by atoms with Crippen molar-refractivity contribution >= 4 is 54.9 Å². The van der Waals surface area contributed by atoms with Gasteiger partial charge in [0, 0.05) is 30.5 Å². The molecule has 2 aliphatic heterocycles. The van der Waals surface area contributed by atoms with E-state index in [1.165, 1.54) is 51.4 Å². The van der Waals surface area contributed by atoms with Crippen molar-refractivity contribution < 1.29 is 19.1 Å². The number of carbonyl (C=O) groups excluding carboxylic acids is 2. The molecule has 4 nitrogen and oxygen atoms in total. The Morgan fingerprint density at radius 2 is 0.841 bits per heavy atom. The Kier molecular flexibility index (Phi) is 11.5. The molecule has 0 fully saturated rings. The zero-order valence-electron chi connectivity index (χ0n) is 25.9. The van der Waals surface area contributed by atoms with E-state index in [-0.39, 0.29) is 11.9 Å². The predicted octanol–water partition coefficient (Wildman–Crippen LogP) is 9.25. The Morgan fingerprint density at radius 3 is 1.20 bits per heavy atom. The molecule has 0 aromatic heterocycles. The van der Waals surface area contributed by atoms with Gasteiger partial charge in [-0.1, -0.05) is 134 Å². The molecule has 0 bridgehead atoms. The first-order chi connectivity index (χ1) is 21.4. The van der Waals surface area contributed by atoms with E-state index in [4.69, 9.17) is 9.47 Å². The lowest BCUT2D eigenvalue weighted by Crippen LogP contribution is -2.23. The van der Waals surface area contributed by atoms with Crippen LogP contribution in [0.3, 0.4) is 0 Å². The minimum Gasteiger partial charge on any atom is -0.422 e. The highest BCUT2D eigenvalue weighted by Crippen LogP contribution is 2.35. The normalized spacial score (nSPS) is 13.7. The molecule has 44 heavy (non-hydrogen) atoms. The highest BCUT2D eigenvalue weighted by atomic mass is 79.9. The van der Waals surface area contributed by atoms with Crippen molar-refractivity contribution in [3.05, 3.63) is 90.2 Å². The summed E-state index contributed by atoms with van der Waals surface area (Å²) in [6.45, 7) is 4.45. The fraction of sp³-hybridized carbons (Fsp3) is 0.421. The van der Waals surface area contributed by atoms with Gasteiger partial charge in [0.15, 0.2) is 0 Å². The van der Waals surface area contributed by atoms with Crippen LogP contribution in [0.2, 0.25) is 0 Å². The van der Waals surface area contributed by atoms with Crippen molar-refractivity contribution in [1.29, 1.82) is 0 Å².